The predicted molar refractivity (Wildman–Crippen MR) is 152 cm³/mol. The number of rotatable bonds is 4. The number of hydrogen-bond donors (Lipinski definition) is 1. The van der Waals surface area contributed by atoms with Gasteiger partial charge in [0.15, 0.2) is 0 Å². The van der Waals surface area contributed by atoms with Crippen molar-refractivity contribution in [2.24, 2.45) is 25.9 Å². The molecule has 0 saturated heterocycles. The predicted octanol–water partition coefficient (Wildman–Crippen LogP) is 3.91. The van der Waals surface area contributed by atoms with Crippen LogP contribution in [0.3, 0.4) is 0 Å². The van der Waals surface area contributed by atoms with Crippen LogP contribution in [0.2, 0.25) is 0 Å². The molecule has 0 spiro atoms. The minimum atomic E-state index is -0.879. The van der Waals surface area contributed by atoms with Gasteiger partial charge in [0.1, 0.15) is 0 Å². The third-order valence-corrected chi connectivity index (χ3v) is 7.71. The van der Waals surface area contributed by atoms with Crippen molar-refractivity contribution in [1.29, 1.82) is 0 Å². The number of allylic oxidation sites excluding steroid dienone is 11. The third-order valence-electron chi connectivity index (χ3n) is 7.71. The standard InChI is InChI=1S/C31H32N4O2.K.H/c1-8-21-16(4)24-12-23-15(3)10-20(32-23)11-29-30(19(7)31(36)37)18(6)26(35-29)13-25-17(5)22(9-2)28(34-25)14-27(21)33-24;;/h10-14,19H,8-9H2,1-7H3,(H,36,37);;/q;+1;-1. The SMILES string of the molecule is CCC1=C(C)C2=NC1=CC1=NC(=CC3=NC(=CC4=NC(=C2)C(C)=C4C(C)C(=O)O)C=C3C)C(C)=C1CC.[H-].[K+]. The van der Waals surface area contributed by atoms with Crippen LogP contribution in [0.1, 0.15) is 62.7 Å². The van der Waals surface area contributed by atoms with Crippen molar-refractivity contribution in [3.05, 3.63) is 92.2 Å². The topological polar surface area (TPSA) is 86.7 Å². The molecule has 5 heterocycles. The summed E-state index contributed by atoms with van der Waals surface area (Å²) in [4.78, 5) is 31.8. The zero-order valence-electron chi connectivity index (χ0n) is 24.5. The van der Waals surface area contributed by atoms with Gasteiger partial charge in [0, 0.05) is 0 Å². The van der Waals surface area contributed by atoms with E-state index in [1.807, 2.05) is 38.2 Å². The number of aliphatic carboxylic acids is 1. The molecule has 1 N–H and O–H groups in total. The van der Waals surface area contributed by atoms with Gasteiger partial charge in [-0.05, 0) is 117 Å². The van der Waals surface area contributed by atoms with E-state index in [1.54, 1.807) is 6.92 Å². The van der Waals surface area contributed by atoms with Crippen LogP contribution < -0.4 is 51.4 Å². The molecule has 0 radical (unpaired) electrons. The van der Waals surface area contributed by atoms with E-state index in [0.717, 1.165) is 75.1 Å². The Balaban J connectivity index is 0.00000210. The van der Waals surface area contributed by atoms with Gasteiger partial charge in [0.05, 0.1) is 51.6 Å². The van der Waals surface area contributed by atoms with Crippen molar-refractivity contribution >= 4 is 28.8 Å². The number of nitrogens with zero attached hydrogens (tertiary/aromatic N) is 4. The molecule has 1 atom stereocenters. The largest absolute Gasteiger partial charge is 1.00 e. The Morgan fingerprint density at radius 3 is 1.97 bits per heavy atom. The number of fused-ring (bicyclic) bond motifs is 4. The van der Waals surface area contributed by atoms with E-state index in [9.17, 15) is 9.90 Å². The van der Waals surface area contributed by atoms with Gasteiger partial charge in [-0.3, -0.25) is 4.79 Å². The van der Waals surface area contributed by atoms with E-state index in [0.29, 0.717) is 11.3 Å². The summed E-state index contributed by atoms with van der Waals surface area (Å²) in [6, 6.07) is 0. The average Bonchev–Trinajstić information content (AvgIpc) is 3.53. The molecular formula is C31H33KN4O2. The molecule has 5 aliphatic heterocycles. The summed E-state index contributed by atoms with van der Waals surface area (Å²) in [5.41, 5.74) is 13.9. The molecule has 0 fully saturated rings. The zero-order valence-corrected chi connectivity index (χ0v) is 26.6. The molecule has 0 aromatic heterocycles. The van der Waals surface area contributed by atoms with E-state index in [-0.39, 0.29) is 52.8 Å². The first-order valence-electron chi connectivity index (χ1n) is 12.9. The summed E-state index contributed by atoms with van der Waals surface area (Å²) in [5, 5.41) is 9.84. The third kappa shape index (κ3) is 4.91. The molecule has 38 heavy (non-hydrogen) atoms. The fourth-order valence-corrected chi connectivity index (χ4v) is 5.50. The van der Waals surface area contributed by atoms with Crippen LogP contribution in [0.5, 0.6) is 0 Å². The molecule has 0 aliphatic carbocycles. The molecule has 0 saturated carbocycles. The number of carboxylic acid groups (broad SMARTS) is 1. The van der Waals surface area contributed by atoms with Crippen molar-refractivity contribution in [2.45, 2.75) is 61.3 Å². The minimum Gasteiger partial charge on any atom is -1.00 e. The number of hydrogen-bond acceptors (Lipinski definition) is 5. The van der Waals surface area contributed by atoms with Gasteiger partial charge < -0.3 is 6.53 Å². The summed E-state index contributed by atoms with van der Waals surface area (Å²) >= 11 is 0. The smallest absolute Gasteiger partial charge is 1.00 e. The van der Waals surface area contributed by atoms with Gasteiger partial charge in [-0.25, -0.2) is 20.0 Å². The minimum absolute atomic E-state index is 0. The average molecular weight is 533 g/mol. The van der Waals surface area contributed by atoms with E-state index >= 15 is 0 Å². The van der Waals surface area contributed by atoms with Crippen LogP contribution in [0, 0.1) is 5.92 Å². The van der Waals surface area contributed by atoms with E-state index in [1.165, 1.54) is 11.1 Å². The first kappa shape index (κ1) is 28.7. The van der Waals surface area contributed by atoms with Gasteiger partial charge in [0.2, 0.25) is 0 Å². The Bertz CT molecular complexity index is 1550. The fourth-order valence-electron chi connectivity index (χ4n) is 5.50. The zero-order chi connectivity index (χ0) is 26.6. The first-order valence-corrected chi connectivity index (χ1v) is 12.9. The maximum atomic E-state index is 12.0. The number of aliphatic imine (C=N–C) groups is 4. The van der Waals surface area contributed by atoms with Crippen molar-refractivity contribution in [1.82, 2.24) is 0 Å². The summed E-state index contributed by atoms with van der Waals surface area (Å²) in [5.74, 6) is -1.58. The molecule has 190 valence electrons. The van der Waals surface area contributed by atoms with E-state index in [2.05, 4.69) is 33.8 Å². The van der Waals surface area contributed by atoms with Crippen molar-refractivity contribution in [3.8, 4) is 0 Å². The summed E-state index contributed by atoms with van der Waals surface area (Å²) < 4.78 is 0. The Labute approximate surface area is 268 Å². The molecule has 7 heteroatoms. The van der Waals surface area contributed by atoms with Gasteiger partial charge in [-0.1, -0.05) is 13.8 Å². The molecule has 5 aliphatic rings. The normalized spacial score (nSPS) is 21.2. The van der Waals surface area contributed by atoms with Crippen molar-refractivity contribution < 1.29 is 62.7 Å². The maximum absolute atomic E-state index is 12.0. The van der Waals surface area contributed by atoms with Gasteiger partial charge in [-0.15, -0.1) is 0 Å². The van der Waals surface area contributed by atoms with Crippen LogP contribution in [-0.2, 0) is 4.79 Å². The summed E-state index contributed by atoms with van der Waals surface area (Å²) in [6.07, 6.45) is 11.8. The Kier molecular flexibility index (Phi) is 8.36. The first-order chi connectivity index (χ1) is 17.6. The number of carboxylic acids is 1. The molecular weight excluding hydrogens is 499 g/mol. The fraction of sp³-hybridized carbons (Fsp3) is 0.323. The van der Waals surface area contributed by atoms with Crippen LogP contribution in [0.25, 0.3) is 0 Å². The second-order valence-electron chi connectivity index (χ2n) is 9.99. The summed E-state index contributed by atoms with van der Waals surface area (Å²) in [6.45, 7) is 14.2. The summed E-state index contributed by atoms with van der Waals surface area (Å²) in [7, 11) is 0. The Hall–Kier alpha value is -2.29. The van der Waals surface area contributed by atoms with E-state index < -0.39 is 11.9 Å². The molecule has 6 nitrogen and oxygen atoms in total. The molecule has 5 rings (SSSR count). The molecule has 0 amide bonds. The van der Waals surface area contributed by atoms with Crippen molar-refractivity contribution in [3.63, 3.8) is 0 Å². The van der Waals surface area contributed by atoms with Crippen LogP contribution in [0.15, 0.2) is 112 Å². The van der Waals surface area contributed by atoms with Crippen LogP contribution in [0.4, 0.5) is 0 Å². The molecule has 1 unspecified atom stereocenters. The van der Waals surface area contributed by atoms with E-state index in [4.69, 9.17) is 20.0 Å². The Morgan fingerprint density at radius 1 is 0.737 bits per heavy atom. The van der Waals surface area contributed by atoms with Crippen LogP contribution >= 0.6 is 0 Å². The second-order valence-corrected chi connectivity index (χ2v) is 9.99. The van der Waals surface area contributed by atoms with Gasteiger partial charge in [0.25, 0.3) is 0 Å². The Morgan fingerprint density at radius 2 is 1.32 bits per heavy atom. The van der Waals surface area contributed by atoms with Crippen LogP contribution in [-0.4, -0.2) is 33.9 Å². The molecule has 0 aromatic carbocycles. The quantitative estimate of drug-likeness (QED) is 0.557. The maximum Gasteiger partial charge on any atom is 1.00 e. The molecule has 0 aromatic rings. The molecule has 8 bridgehead atoms. The second kappa shape index (κ2) is 11.1. The van der Waals surface area contributed by atoms with Crippen molar-refractivity contribution in [2.75, 3.05) is 0 Å². The van der Waals surface area contributed by atoms with Gasteiger partial charge in [-0.2, -0.15) is 0 Å². The van der Waals surface area contributed by atoms with Gasteiger partial charge >= 0.3 is 57.4 Å². The monoisotopic (exact) mass is 532 g/mol. The number of carbonyl (C=O) groups is 1.